The molecule has 0 heterocycles. The summed E-state index contributed by atoms with van der Waals surface area (Å²) >= 11 is 0. The highest BCUT2D eigenvalue weighted by Crippen LogP contribution is 2.25. The number of benzene rings is 1. The number of carbonyl (C=O) groups is 1. The second kappa shape index (κ2) is 6.53. The Balaban J connectivity index is 1.98. The van der Waals surface area contributed by atoms with Gasteiger partial charge >= 0.3 is 0 Å². The molecule has 4 heteroatoms. The van der Waals surface area contributed by atoms with E-state index in [9.17, 15) is 13.2 Å². The minimum absolute atomic E-state index is 0.0314. The Morgan fingerprint density at radius 2 is 1.90 bits per heavy atom. The Morgan fingerprint density at radius 1 is 1.20 bits per heavy atom. The van der Waals surface area contributed by atoms with Gasteiger partial charge in [0.2, 0.25) is 0 Å². The fourth-order valence-corrected chi connectivity index (χ4v) is 4.32. The van der Waals surface area contributed by atoms with Gasteiger partial charge in [-0.3, -0.25) is 4.79 Å². The molecule has 1 aromatic carbocycles. The Hall–Kier alpha value is -1.16. The summed E-state index contributed by atoms with van der Waals surface area (Å²) in [5, 5.41) is 0. The number of hydrogen-bond donors (Lipinski definition) is 0. The summed E-state index contributed by atoms with van der Waals surface area (Å²) in [6.45, 7) is 1.93. The SMILES string of the molecule is Cc1cccc(CS(=O)(=O)CC(=O)C2CCCCC2)c1. The van der Waals surface area contributed by atoms with Crippen molar-refractivity contribution in [3.05, 3.63) is 35.4 Å². The van der Waals surface area contributed by atoms with Gasteiger partial charge in [-0.05, 0) is 25.3 Å². The lowest BCUT2D eigenvalue weighted by molar-refractivity contribution is -0.121. The molecule has 3 nitrogen and oxygen atoms in total. The van der Waals surface area contributed by atoms with Crippen molar-refractivity contribution < 1.29 is 13.2 Å². The maximum Gasteiger partial charge on any atom is 0.161 e. The van der Waals surface area contributed by atoms with E-state index >= 15 is 0 Å². The molecule has 2 rings (SSSR count). The van der Waals surface area contributed by atoms with Crippen molar-refractivity contribution in [1.29, 1.82) is 0 Å². The normalized spacial score (nSPS) is 17.1. The summed E-state index contributed by atoms with van der Waals surface area (Å²) in [4.78, 5) is 12.1. The molecule has 0 aromatic heterocycles. The summed E-state index contributed by atoms with van der Waals surface area (Å²) in [7, 11) is -3.35. The number of aryl methyl sites for hydroxylation is 1. The minimum Gasteiger partial charge on any atom is -0.298 e. The van der Waals surface area contributed by atoms with Crippen LogP contribution in [0.5, 0.6) is 0 Å². The third-order valence-corrected chi connectivity index (χ3v) is 5.39. The molecule has 0 amide bonds. The van der Waals surface area contributed by atoms with Gasteiger partial charge in [-0.25, -0.2) is 8.42 Å². The first kappa shape index (κ1) is 15.2. The van der Waals surface area contributed by atoms with Crippen LogP contribution in [0.2, 0.25) is 0 Å². The lowest BCUT2D eigenvalue weighted by Crippen LogP contribution is -2.26. The van der Waals surface area contributed by atoms with Crippen molar-refractivity contribution in [2.24, 2.45) is 5.92 Å². The van der Waals surface area contributed by atoms with E-state index in [0.29, 0.717) is 0 Å². The van der Waals surface area contributed by atoms with E-state index in [4.69, 9.17) is 0 Å². The number of Topliss-reactive ketones (excluding diaryl/α,β-unsaturated/α-hetero) is 1. The van der Waals surface area contributed by atoms with E-state index < -0.39 is 9.84 Å². The van der Waals surface area contributed by atoms with Gasteiger partial charge in [-0.1, -0.05) is 49.1 Å². The highest BCUT2D eigenvalue weighted by atomic mass is 32.2. The molecule has 1 aromatic rings. The first-order chi connectivity index (χ1) is 9.46. The molecular weight excluding hydrogens is 272 g/mol. The molecule has 0 aliphatic heterocycles. The van der Waals surface area contributed by atoms with E-state index in [1.54, 1.807) is 6.07 Å². The monoisotopic (exact) mass is 294 g/mol. The molecule has 1 aliphatic rings. The molecule has 20 heavy (non-hydrogen) atoms. The van der Waals surface area contributed by atoms with Crippen LogP contribution in [0.15, 0.2) is 24.3 Å². The molecule has 0 bridgehead atoms. The van der Waals surface area contributed by atoms with Crippen molar-refractivity contribution >= 4 is 15.6 Å². The van der Waals surface area contributed by atoms with Gasteiger partial charge in [0, 0.05) is 5.92 Å². The molecule has 1 fully saturated rings. The van der Waals surface area contributed by atoms with Crippen molar-refractivity contribution in [3.8, 4) is 0 Å². The van der Waals surface area contributed by atoms with Crippen molar-refractivity contribution in [1.82, 2.24) is 0 Å². The van der Waals surface area contributed by atoms with Crippen molar-refractivity contribution in [3.63, 3.8) is 0 Å². The molecule has 0 N–H and O–H groups in total. The third-order valence-electron chi connectivity index (χ3n) is 3.89. The van der Waals surface area contributed by atoms with Crippen LogP contribution < -0.4 is 0 Å². The lowest BCUT2D eigenvalue weighted by atomic mass is 9.87. The smallest absolute Gasteiger partial charge is 0.161 e. The van der Waals surface area contributed by atoms with Crippen LogP contribution in [0.25, 0.3) is 0 Å². The summed E-state index contributed by atoms with van der Waals surface area (Å²) in [6.07, 6.45) is 4.99. The van der Waals surface area contributed by atoms with Gasteiger partial charge < -0.3 is 0 Å². The van der Waals surface area contributed by atoms with E-state index in [0.717, 1.165) is 36.8 Å². The van der Waals surface area contributed by atoms with Crippen LogP contribution in [0.4, 0.5) is 0 Å². The van der Waals surface area contributed by atoms with Crippen LogP contribution in [0.3, 0.4) is 0 Å². The summed E-state index contributed by atoms with van der Waals surface area (Å²) in [5.74, 6) is -0.452. The van der Waals surface area contributed by atoms with Gasteiger partial charge in [0.05, 0.1) is 5.75 Å². The van der Waals surface area contributed by atoms with Gasteiger partial charge in [-0.2, -0.15) is 0 Å². The average molecular weight is 294 g/mol. The second-order valence-corrected chi connectivity index (χ2v) is 7.89. The molecule has 0 unspecified atom stereocenters. The third kappa shape index (κ3) is 4.44. The Labute approximate surface area is 121 Å². The average Bonchev–Trinajstić information content (AvgIpc) is 2.38. The molecular formula is C16H22O3S. The zero-order valence-corrected chi connectivity index (χ0v) is 12.8. The van der Waals surface area contributed by atoms with Crippen molar-refractivity contribution in [2.45, 2.75) is 44.8 Å². The fraction of sp³-hybridized carbons (Fsp3) is 0.562. The molecule has 0 saturated heterocycles. The fourth-order valence-electron chi connectivity index (χ4n) is 2.87. The number of sulfone groups is 1. The second-order valence-electron chi connectivity index (χ2n) is 5.82. The van der Waals surface area contributed by atoms with Crippen LogP contribution in [-0.2, 0) is 20.4 Å². The molecule has 0 radical (unpaired) electrons. The summed E-state index contributed by atoms with van der Waals surface area (Å²) in [5.41, 5.74) is 1.80. The van der Waals surface area contributed by atoms with E-state index in [2.05, 4.69) is 0 Å². The maximum atomic E-state index is 12.1. The number of rotatable bonds is 5. The number of ketones is 1. The Bertz CT molecular complexity index is 569. The minimum atomic E-state index is -3.35. The molecule has 1 aliphatic carbocycles. The molecule has 0 spiro atoms. The van der Waals surface area contributed by atoms with E-state index in [1.165, 1.54) is 6.42 Å². The van der Waals surface area contributed by atoms with Gasteiger partial charge in [-0.15, -0.1) is 0 Å². The molecule has 1 saturated carbocycles. The quantitative estimate of drug-likeness (QED) is 0.838. The Kier molecular flexibility index (Phi) is 4.97. The van der Waals surface area contributed by atoms with E-state index in [1.807, 2.05) is 25.1 Å². The predicted molar refractivity (Wildman–Crippen MR) is 80.3 cm³/mol. The van der Waals surface area contributed by atoms with Crippen LogP contribution >= 0.6 is 0 Å². The Morgan fingerprint density at radius 3 is 2.55 bits per heavy atom. The van der Waals surface area contributed by atoms with Crippen molar-refractivity contribution in [2.75, 3.05) is 5.75 Å². The van der Waals surface area contributed by atoms with Gasteiger partial charge in [0.1, 0.15) is 5.75 Å². The van der Waals surface area contributed by atoms with Crippen LogP contribution in [0.1, 0.15) is 43.2 Å². The summed E-state index contributed by atoms with van der Waals surface area (Å²) in [6, 6.07) is 7.45. The van der Waals surface area contributed by atoms with Crippen LogP contribution in [0, 0.1) is 12.8 Å². The number of carbonyl (C=O) groups excluding carboxylic acids is 1. The highest BCUT2D eigenvalue weighted by molar-refractivity contribution is 7.91. The number of hydrogen-bond acceptors (Lipinski definition) is 3. The van der Waals surface area contributed by atoms with Gasteiger partial charge in [0.15, 0.2) is 15.6 Å². The first-order valence-electron chi connectivity index (χ1n) is 7.25. The highest BCUT2D eigenvalue weighted by Gasteiger charge is 2.25. The lowest BCUT2D eigenvalue weighted by Gasteiger charge is -2.20. The zero-order chi connectivity index (χ0) is 14.6. The topological polar surface area (TPSA) is 51.2 Å². The standard InChI is InChI=1S/C16H22O3S/c1-13-6-5-7-14(10-13)11-20(18,19)12-16(17)15-8-3-2-4-9-15/h5-7,10,15H,2-4,8-9,11-12H2,1H3. The van der Waals surface area contributed by atoms with E-state index in [-0.39, 0.29) is 23.2 Å². The molecule has 110 valence electrons. The van der Waals surface area contributed by atoms with Gasteiger partial charge in [0.25, 0.3) is 0 Å². The first-order valence-corrected chi connectivity index (χ1v) is 9.07. The zero-order valence-electron chi connectivity index (χ0n) is 12.0. The molecule has 0 atom stereocenters. The maximum absolute atomic E-state index is 12.1. The summed E-state index contributed by atoms with van der Waals surface area (Å²) < 4.78 is 24.3. The van der Waals surface area contributed by atoms with Crippen LogP contribution in [-0.4, -0.2) is 20.0 Å². The largest absolute Gasteiger partial charge is 0.298 e. The predicted octanol–water partition coefficient (Wildman–Crippen LogP) is 3.06.